The van der Waals surface area contributed by atoms with Crippen LogP contribution in [0.3, 0.4) is 0 Å². The Hall–Kier alpha value is -2.23. The van der Waals surface area contributed by atoms with Crippen LogP contribution in [0.4, 0.5) is 17.2 Å². The van der Waals surface area contributed by atoms with E-state index in [0.717, 1.165) is 5.69 Å². The minimum atomic E-state index is 0.412. The summed E-state index contributed by atoms with van der Waals surface area (Å²) in [6.07, 6.45) is 0. The molecule has 0 unspecified atom stereocenters. The average Bonchev–Trinajstić information content (AvgIpc) is 2.43. The Balaban J connectivity index is 2.26. The molecular formula is C14H13N3OS. The smallest absolute Gasteiger partial charge is 0.242 e. The molecule has 0 saturated heterocycles. The molecule has 2 rings (SSSR count). The van der Waals surface area contributed by atoms with Crippen molar-refractivity contribution in [2.45, 2.75) is 6.92 Å². The Bertz CT molecular complexity index is 619. The number of ether oxygens (including phenoxy) is 1. The van der Waals surface area contributed by atoms with E-state index in [9.17, 15) is 0 Å². The lowest BCUT2D eigenvalue weighted by atomic mass is 10.2. The number of aliphatic imine (C=N–C) groups is 1. The predicted molar refractivity (Wildman–Crippen MR) is 79.9 cm³/mol. The number of aromatic nitrogens is 1. The Morgan fingerprint density at radius 1 is 1.21 bits per heavy atom. The van der Waals surface area contributed by atoms with Gasteiger partial charge in [-0.05, 0) is 43.4 Å². The molecule has 96 valence electrons. The zero-order valence-corrected chi connectivity index (χ0v) is 11.5. The third kappa shape index (κ3) is 3.37. The second kappa shape index (κ2) is 6.09. The van der Waals surface area contributed by atoms with E-state index in [-0.39, 0.29) is 0 Å². The highest BCUT2D eigenvalue weighted by molar-refractivity contribution is 7.78. The maximum atomic E-state index is 5.16. The lowest BCUT2D eigenvalue weighted by molar-refractivity contribution is 0.400. The number of pyridine rings is 1. The summed E-state index contributed by atoms with van der Waals surface area (Å²) in [5, 5.41) is 5.50. The van der Waals surface area contributed by atoms with Crippen LogP contribution in [0.1, 0.15) is 5.56 Å². The van der Waals surface area contributed by atoms with Gasteiger partial charge in [0, 0.05) is 5.69 Å². The van der Waals surface area contributed by atoms with Crippen LogP contribution in [0, 0.1) is 6.92 Å². The van der Waals surface area contributed by atoms with Crippen LogP contribution in [-0.2, 0) is 0 Å². The Kier molecular flexibility index (Phi) is 4.23. The molecule has 0 bridgehead atoms. The largest absolute Gasteiger partial charge is 0.479 e. The summed E-state index contributed by atoms with van der Waals surface area (Å²) in [7, 11) is 1.54. The van der Waals surface area contributed by atoms with Gasteiger partial charge < -0.3 is 10.1 Å². The van der Waals surface area contributed by atoms with E-state index in [4.69, 9.17) is 4.74 Å². The van der Waals surface area contributed by atoms with Crippen molar-refractivity contribution in [3.8, 4) is 5.88 Å². The van der Waals surface area contributed by atoms with Crippen LogP contribution in [0.5, 0.6) is 5.88 Å². The summed E-state index contributed by atoms with van der Waals surface area (Å²) in [6, 6.07) is 11.6. The van der Waals surface area contributed by atoms with Gasteiger partial charge in [0.1, 0.15) is 11.5 Å². The second-order valence-electron chi connectivity index (χ2n) is 3.92. The van der Waals surface area contributed by atoms with Crippen molar-refractivity contribution < 1.29 is 4.74 Å². The van der Waals surface area contributed by atoms with Crippen molar-refractivity contribution in [2.24, 2.45) is 4.99 Å². The standard InChI is InChI=1S/C14H13N3OS/c1-10-3-5-11(6-4-10)16-13-8-7-12(15-9-19)14(17-13)18-2/h3-8H,1-2H3,(H,16,17). The summed E-state index contributed by atoms with van der Waals surface area (Å²) in [6.45, 7) is 2.04. The molecule has 0 aliphatic carbocycles. The number of benzene rings is 1. The molecule has 1 N–H and O–H groups in total. The lowest BCUT2D eigenvalue weighted by Gasteiger charge is -2.08. The van der Waals surface area contributed by atoms with Gasteiger partial charge in [-0.2, -0.15) is 9.98 Å². The van der Waals surface area contributed by atoms with E-state index in [1.165, 1.54) is 5.56 Å². The number of thiocarbonyl (C=S) groups is 1. The molecule has 2 aromatic rings. The monoisotopic (exact) mass is 271 g/mol. The number of rotatable bonds is 4. The Morgan fingerprint density at radius 3 is 2.58 bits per heavy atom. The van der Waals surface area contributed by atoms with Crippen molar-refractivity contribution in [1.82, 2.24) is 4.98 Å². The number of hydrogen-bond acceptors (Lipinski definition) is 5. The van der Waals surface area contributed by atoms with Gasteiger partial charge in [-0.3, -0.25) is 0 Å². The molecule has 0 aliphatic rings. The molecular weight excluding hydrogens is 258 g/mol. The first-order valence-corrected chi connectivity index (χ1v) is 6.10. The molecule has 1 aromatic carbocycles. The maximum Gasteiger partial charge on any atom is 0.242 e. The van der Waals surface area contributed by atoms with Crippen LogP contribution in [0.25, 0.3) is 0 Å². The van der Waals surface area contributed by atoms with Crippen molar-refractivity contribution in [3.05, 3.63) is 42.0 Å². The lowest BCUT2D eigenvalue weighted by Crippen LogP contribution is -1.96. The summed E-state index contributed by atoms with van der Waals surface area (Å²) >= 11 is 4.58. The van der Waals surface area contributed by atoms with Crippen LogP contribution >= 0.6 is 12.2 Å². The third-order valence-electron chi connectivity index (χ3n) is 2.52. The first-order valence-electron chi connectivity index (χ1n) is 5.69. The van der Waals surface area contributed by atoms with Gasteiger partial charge in [0.2, 0.25) is 5.88 Å². The Morgan fingerprint density at radius 2 is 1.95 bits per heavy atom. The highest BCUT2D eigenvalue weighted by Crippen LogP contribution is 2.27. The van der Waals surface area contributed by atoms with Crippen molar-refractivity contribution in [2.75, 3.05) is 12.4 Å². The molecule has 1 heterocycles. The minimum Gasteiger partial charge on any atom is -0.479 e. The molecule has 0 radical (unpaired) electrons. The number of methoxy groups -OCH3 is 1. The zero-order valence-electron chi connectivity index (χ0n) is 10.7. The number of nitrogens with one attached hydrogen (secondary N) is 1. The van der Waals surface area contributed by atoms with E-state index < -0.39 is 0 Å². The van der Waals surface area contributed by atoms with Crippen LogP contribution in [0.15, 0.2) is 41.4 Å². The average molecular weight is 271 g/mol. The van der Waals surface area contributed by atoms with Gasteiger partial charge in [0.15, 0.2) is 0 Å². The van der Waals surface area contributed by atoms with Gasteiger partial charge in [0.25, 0.3) is 0 Å². The maximum absolute atomic E-state index is 5.16. The molecule has 4 nitrogen and oxygen atoms in total. The summed E-state index contributed by atoms with van der Waals surface area (Å²) < 4.78 is 5.16. The van der Waals surface area contributed by atoms with Crippen LogP contribution < -0.4 is 10.1 Å². The Labute approximate surface area is 117 Å². The highest BCUT2D eigenvalue weighted by Gasteiger charge is 2.05. The molecule has 1 aromatic heterocycles. The van der Waals surface area contributed by atoms with Gasteiger partial charge >= 0.3 is 0 Å². The fraction of sp³-hybridized carbons (Fsp3) is 0.143. The van der Waals surface area contributed by atoms with E-state index >= 15 is 0 Å². The number of hydrogen-bond donors (Lipinski definition) is 1. The second-order valence-corrected chi connectivity index (χ2v) is 4.10. The summed E-state index contributed by atoms with van der Waals surface area (Å²) in [5.41, 5.74) is 2.74. The molecule has 0 aliphatic heterocycles. The van der Waals surface area contributed by atoms with Crippen LogP contribution in [0.2, 0.25) is 0 Å². The summed E-state index contributed by atoms with van der Waals surface area (Å²) in [5.74, 6) is 1.10. The molecule has 0 saturated carbocycles. The van der Waals surface area contributed by atoms with Gasteiger partial charge in [-0.15, -0.1) is 0 Å². The van der Waals surface area contributed by atoms with Crippen molar-refractivity contribution in [1.29, 1.82) is 0 Å². The van der Waals surface area contributed by atoms with E-state index in [2.05, 4.69) is 32.7 Å². The number of anilines is 2. The van der Waals surface area contributed by atoms with Crippen LogP contribution in [-0.4, -0.2) is 17.3 Å². The van der Waals surface area contributed by atoms with Crippen molar-refractivity contribution in [3.63, 3.8) is 0 Å². The fourth-order valence-corrected chi connectivity index (χ4v) is 1.67. The topological polar surface area (TPSA) is 46.5 Å². The van der Waals surface area contributed by atoms with Gasteiger partial charge in [-0.25, -0.2) is 0 Å². The quantitative estimate of drug-likeness (QED) is 0.677. The molecule has 0 fully saturated rings. The third-order valence-corrected chi connectivity index (χ3v) is 2.61. The molecule has 0 spiro atoms. The number of aryl methyl sites for hydroxylation is 1. The van der Waals surface area contributed by atoms with Gasteiger partial charge in [-0.1, -0.05) is 17.7 Å². The van der Waals surface area contributed by atoms with Crippen molar-refractivity contribution >= 4 is 34.6 Å². The fourth-order valence-electron chi connectivity index (χ4n) is 1.57. The zero-order chi connectivity index (χ0) is 13.7. The normalized spacial score (nSPS) is 9.58. The molecule has 0 atom stereocenters. The summed E-state index contributed by atoms with van der Waals surface area (Å²) in [4.78, 5) is 8.20. The SMILES string of the molecule is COc1nc(Nc2ccc(C)cc2)ccc1N=C=S. The number of nitrogens with zero attached hydrogens (tertiary/aromatic N) is 2. The van der Waals surface area contributed by atoms with Gasteiger partial charge in [0.05, 0.1) is 12.3 Å². The first-order chi connectivity index (χ1) is 9.22. The highest BCUT2D eigenvalue weighted by atomic mass is 32.1. The van der Waals surface area contributed by atoms with E-state index in [1.54, 1.807) is 13.2 Å². The predicted octanol–water partition coefficient (Wildman–Crippen LogP) is 3.88. The number of isothiocyanates is 1. The van der Waals surface area contributed by atoms with E-state index in [1.807, 2.05) is 37.3 Å². The molecule has 0 amide bonds. The molecule has 5 heteroatoms. The first kappa shape index (κ1) is 13.2. The molecule has 19 heavy (non-hydrogen) atoms. The van der Waals surface area contributed by atoms with E-state index in [0.29, 0.717) is 17.4 Å². The minimum absolute atomic E-state index is 0.412.